The Labute approximate surface area is 142 Å². The predicted molar refractivity (Wildman–Crippen MR) is 88.8 cm³/mol. The van der Waals surface area contributed by atoms with Gasteiger partial charge in [0.2, 0.25) is 0 Å². The van der Waals surface area contributed by atoms with Crippen molar-refractivity contribution in [3.63, 3.8) is 0 Å². The molecule has 1 N–H and O–H groups in total. The minimum absolute atomic E-state index is 0.126. The Kier molecular flexibility index (Phi) is 4.29. The molecular weight excluding hydrogens is 331 g/mol. The van der Waals surface area contributed by atoms with Crippen LogP contribution in [0.15, 0.2) is 48.5 Å². The second-order valence-corrected chi connectivity index (χ2v) is 5.79. The number of carboxylic acid groups (broad SMARTS) is 1. The van der Waals surface area contributed by atoms with E-state index in [4.69, 9.17) is 5.11 Å². The van der Waals surface area contributed by atoms with E-state index in [2.05, 4.69) is 0 Å². The molecule has 0 saturated heterocycles. The number of halogens is 3. The van der Waals surface area contributed by atoms with Crippen LogP contribution in [0, 0.1) is 0 Å². The average Bonchev–Trinajstić information content (AvgIpc) is 2.90. The molecule has 0 unspecified atom stereocenters. The van der Waals surface area contributed by atoms with Gasteiger partial charge in [0.25, 0.3) is 0 Å². The van der Waals surface area contributed by atoms with Crippen LogP contribution < -0.4 is 0 Å². The molecule has 0 fully saturated rings. The zero-order valence-electron chi connectivity index (χ0n) is 13.5. The first-order chi connectivity index (χ1) is 11.8. The van der Waals surface area contributed by atoms with Crippen molar-refractivity contribution in [2.75, 3.05) is 0 Å². The van der Waals surface area contributed by atoms with Crippen molar-refractivity contribution < 1.29 is 23.1 Å². The highest BCUT2D eigenvalue weighted by Gasteiger charge is 2.33. The Hall–Kier alpha value is -2.76. The van der Waals surface area contributed by atoms with Gasteiger partial charge in [-0.1, -0.05) is 18.2 Å². The number of hydrogen-bond donors (Lipinski definition) is 1. The summed E-state index contributed by atoms with van der Waals surface area (Å²) in [6.45, 7) is 2.49. The van der Waals surface area contributed by atoms with Crippen molar-refractivity contribution in [1.29, 1.82) is 0 Å². The molecule has 0 aliphatic rings. The molecule has 0 spiro atoms. The Balaban J connectivity index is 2.09. The first kappa shape index (κ1) is 17.1. The smallest absolute Gasteiger partial charge is 0.416 e. The highest BCUT2D eigenvalue weighted by molar-refractivity contribution is 5.94. The summed E-state index contributed by atoms with van der Waals surface area (Å²) < 4.78 is 41.5. The second-order valence-electron chi connectivity index (χ2n) is 5.79. The highest BCUT2D eigenvalue weighted by atomic mass is 19.4. The van der Waals surface area contributed by atoms with E-state index in [9.17, 15) is 18.0 Å². The van der Waals surface area contributed by atoms with Gasteiger partial charge in [-0.15, -0.1) is 0 Å². The van der Waals surface area contributed by atoms with Crippen LogP contribution in [-0.4, -0.2) is 15.6 Å². The Morgan fingerprint density at radius 2 is 1.84 bits per heavy atom. The predicted octanol–water partition coefficient (Wildman–Crippen LogP) is 4.97. The lowest BCUT2D eigenvalue weighted by atomic mass is 10.0. The molecule has 1 aromatic heterocycles. The van der Waals surface area contributed by atoms with Crippen LogP contribution in [-0.2, 0) is 19.1 Å². The van der Waals surface area contributed by atoms with Crippen molar-refractivity contribution in [3.05, 3.63) is 70.9 Å². The molecule has 0 atom stereocenters. The maximum absolute atomic E-state index is 13.2. The fourth-order valence-corrected chi connectivity index (χ4v) is 3.13. The van der Waals surface area contributed by atoms with E-state index in [1.165, 1.54) is 18.2 Å². The largest absolute Gasteiger partial charge is 0.478 e. The first-order valence-electron chi connectivity index (χ1n) is 7.82. The molecular formula is C19H16F3NO2. The molecule has 3 nitrogen and oxygen atoms in total. The normalized spacial score (nSPS) is 11.8. The molecule has 3 aromatic rings. The van der Waals surface area contributed by atoms with Gasteiger partial charge < -0.3 is 9.67 Å². The minimum Gasteiger partial charge on any atom is -0.478 e. The van der Waals surface area contributed by atoms with Crippen molar-refractivity contribution in [2.45, 2.75) is 26.1 Å². The van der Waals surface area contributed by atoms with Crippen LogP contribution in [0.25, 0.3) is 10.9 Å². The number of benzene rings is 2. The molecule has 25 heavy (non-hydrogen) atoms. The molecule has 0 bridgehead atoms. The average molecular weight is 347 g/mol. The van der Waals surface area contributed by atoms with Gasteiger partial charge in [-0.05, 0) is 42.8 Å². The van der Waals surface area contributed by atoms with Crippen molar-refractivity contribution in [3.8, 4) is 0 Å². The fraction of sp³-hybridized carbons (Fsp3) is 0.211. The molecule has 0 aliphatic carbocycles. The third-order valence-electron chi connectivity index (χ3n) is 4.24. The van der Waals surface area contributed by atoms with Crippen LogP contribution in [0.2, 0.25) is 0 Å². The van der Waals surface area contributed by atoms with E-state index in [1.54, 1.807) is 24.3 Å². The molecule has 2 aromatic carbocycles. The molecule has 0 radical (unpaired) electrons. The van der Waals surface area contributed by atoms with E-state index < -0.39 is 17.7 Å². The van der Waals surface area contributed by atoms with Crippen LogP contribution in [0.3, 0.4) is 0 Å². The Morgan fingerprint density at radius 1 is 1.12 bits per heavy atom. The number of hydrogen-bond acceptors (Lipinski definition) is 1. The van der Waals surface area contributed by atoms with Gasteiger partial charge in [0.15, 0.2) is 0 Å². The number of aryl methyl sites for hydroxylation is 1. The van der Waals surface area contributed by atoms with E-state index in [0.29, 0.717) is 11.9 Å². The van der Waals surface area contributed by atoms with Crippen LogP contribution in [0.4, 0.5) is 13.2 Å². The van der Waals surface area contributed by atoms with Crippen molar-refractivity contribution >= 4 is 16.9 Å². The van der Waals surface area contributed by atoms with Crippen LogP contribution in [0.1, 0.15) is 34.1 Å². The summed E-state index contributed by atoms with van der Waals surface area (Å²) in [5.74, 6) is -1.03. The standard InChI is InChI=1S/C19H16F3NO2/c1-2-23-15(10-12-5-3-4-6-16(12)19(20,21)22)11-14-9-13(18(24)25)7-8-17(14)23/h3-9,11H,2,10H2,1H3,(H,24,25). The lowest BCUT2D eigenvalue weighted by Gasteiger charge is -2.14. The van der Waals surface area contributed by atoms with Gasteiger partial charge in [-0.25, -0.2) is 4.79 Å². The quantitative estimate of drug-likeness (QED) is 0.724. The number of rotatable bonds is 4. The summed E-state index contributed by atoms with van der Waals surface area (Å²) >= 11 is 0. The van der Waals surface area contributed by atoms with Gasteiger partial charge in [0.1, 0.15) is 0 Å². The van der Waals surface area contributed by atoms with Gasteiger partial charge in [0.05, 0.1) is 11.1 Å². The monoisotopic (exact) mass is 347 g/mol. The van der Waals surface area contributed by atoms with E-state index in [-0.39, 0.29) is 17.5 Å². The molecule has 1 heterocycles. The zero-order valence-corrected chi connectivity index (χ0v) is 13.5. The number of aromatic nitrogens is 1. The number of carbonyl (C=O) groups is 1. The summed E-state index contributed by atoms with van der Waals surface area (Å²) in [5, 5.41) is 9.82. The third-order valence-corrected chi connectivity index (χ3v) is 4.24. The SMILES string of the molecule is CCn1c(Cc2ccccc2C(F)(F)F)cc2cc(C(=O)O)ccc21. The Morgan fingerprint density at radius 3 is 2.48 bits per heavy atom. The van der Waals surface area contributed by atoms with E-state index in [1.807, 2.05) is 11.5 Å². The molecule has 6 heteroatoms. The maximum atomic E-state index is 13.2. The minimum atomic E-state index is -4.41. The van der Waals surface area contributed by atoms with Crippen molar-refractivity contribution in [2.24, 2.45) is 0 Å². The van der Waals surface area contributed by atoms with E-state index >= 15 is 0 Å². The maximum Gasteiger partial charge on any atom is 0.416 e. The van der Waals surface area contributed by atoms with Gasteiger partial charge in [-0.2, -0.15) is 13.2 Å². The topological polar surface area (TPSA) is 42.2 Å². The number of nitrogens with zero attached hydrogens (tertiary/aromatic N) is 1. The molecule has 0 aliphatic heterocycles. The van der Waals surface area contributed by atoms with Gasteiger partial charge in [0, 0.05) is 29.6 Å². The number of fused-ring (bicyclic) bond motifs is 1. The van der Waals surface area contributed by atoms with E-state index in [0.717, 1.165) is 17.3 Å². The lowest BCUT2D eigenvalue weighted by Crippen LogP contribution is -2.10. The third kappa shape index (κ3) is 3.24. The zero-order chi connectivity index (χ0) is 18.2. The summed E-state index contributed by atoms with van der Waals surface area (Å²) in [5.41, 5.74) is 1.24. The molecule has 0 amide bonds. The second kappa shape index (κ2) is 6.27. The van der Waals surface area contributed by atoms with Crippen LogP contribution >= 0.6 is 0 Å². The number of alkyl halides is 3. The van der Waals surface area contributed by atoms with Crippen molar-refractivity contribution in [1.82, 2.24) is 4.57 Å². The number of aromatic carboxylic acids is 1. The first-order valence-corrected chi connectivity index (χ1v) is 7.82. The van der Waals surface area contributed by atoms with Gasteiger partial charge in [-0.3, -0.25) is 0 Å². The lowest BCUT2D eigenvalue weighted by molar-refractivity contribution is -0.138. The fourth-order valence-electron chi connectivity index (χ4n) is 3.13. The summed E-state index contributed by atoms with van der Waals surface area (Å²) in [6, 6.07) is 12.0. The Bertz CT molecular complexity index is 941. The highest BCUT2D eigenvalue weighted by Crippen LogP contribution is 2.33. The van der Waals surface area contributed by atoms with Crippen LogP contribution in [0.5, 0.6) is 0 Å². The molecule has 3 rings (SSSR count). The molecule has 130 valence electrons. The molecule has 0 saturated carbocycles. The summed E-state index contributed by atoms with van der Waals surface area (Å²) in [4.78, 5) is 11.1. The summed E-state index contributed by atoms with van der Waals surface area (Å²) in [6.07, 6.45) is -4.28. The van der Waals surface area contributed by atoms with Gasteiger partial charge >= 0.3 is 12.1 Å². The number of carboxylic acids is 1. The summed E-state index contributed by atoms with van der Waals surface area (Å²) in [7, 11) is 0.